The second-order valence-corrected chi connectivity index (χ2v) is 8.35. The van der Waals surface area contributed by atoms with Crippen LogP contribution in [0.2, 0.25) is 0 Å². The smallest absolute Gasteiger partial charge is 0.273 e. The highest BCUT2D eigenvalue weighted by atomic mass is 16.6. The molecule has 1 N–H and O–H groups in total. The van der Waals surface area contributed by atoms with Gasteiger partial charge in [-0.3, -0.25) is 19.7 Å². The highest BCUT2D eigenvalue weighted by Gasteiger charge is 2.31. The van der Waals surface area contributed by atoms with E-state index in [0.717, 1.165) is 31.2 Å². The van der Waals surface area contributed by atoms with Crippen LogP contribution >= 0.6 is 0 Å². The van der Waals surface area contributed by atoms with E-state index in [-0.39, 0.29) is 36.5 Å². The average Bonchev–Trinajstić information content (AvgIpc) is 3.32. The van der Waals surface area contributed by atoms with Crippen LogP contribution in [-0.4, -0.2) is 40.8 Å². The number of benzene rings is 2. The highest BCUT2D eigenvalue weighted by molar-refractivity contribution is 5.89. The summed E-state index contributed by atoms with van der Waals surface area (Å²) in [6.45, 7) is 2.10. The number of amides is 2. The Morgan fingerprint density at radius 2 is 1.82 bits per heavy atom. The third-order valence-electron chi connectivity index (χ3n) is 6.13. The third kappa shape index (κ3) is 6.31. The minimum absolute atomic E-state index is 0.0984. The normalized spacial score (nSPS) is 14.5. The van der Waals surface area contributed by atoms with Gasteiger partial charge in [0.2, 0.25) is 11.8 Å². The fourth-order valence-electron chi connectivity index (χ4n) is 4.32. The van der Waals surface area contributed by atoms with Crippen LogP contribution in [0.1, 0.15) is 50.2 Å². The summed E-state index contributed by atoms with van der Waals surface area (Å²) in [7, 11) is 1.58. The zero-order valence-corrected chi connectivity index (χ0v) is 19.2. The van der Waals surface area contributed by atoms with Crippen LogP contribution in [0.3, 0.4) is 0 Å². The van der Waals surface area contributed by atoms with Gasteiger partial charge in [-0.15, -0.1) is 0 Å². The van der Waals surface area contributed by atoms with E-state index in [1.807, 2.05) is 19.1 Å². The minimum Gasteiger partial charge on any atom is -0.497 e. The number of rotatable bonds is 10. The van der Waals surface area contributed by atoms with Crippen molar-refractivity contribution in [1.29, 1.82) is 0 Å². The first kappa shape index (κ1) is 24.2. The van der Waals surface area contributed by atoms with Crippen LogP contribution in [0.4, 0.5) is 5.69 Å². The molecule has 1 aliphatic rings. The molecule has 2 aromatic carbocycles. The molecule has 1 atom stereocenters. The largest absolute Gasteiger partial charge is 0.497 e. The summed E-state index contributed by atoms with van der Waals surface area (Å²) >= 11 is 0. The fourth-order valence-corrected chi connectivity index (χ4v) is 4.32. The molecule has 1 fully saturated rings. The summed E-state index contributed by atoms with van der Waals surface area (Å²) < 4.78 is 5.21. The molecule has 0 spiro atoms. The Labute approximate surface area is 194 Å². The molecule has 0 saturated heterocycles. The molecule has 176 valence electrons. The van der Waals surface area contributed by atoms with Gasteiger partial charge in [-0.2, -0.15) is 0 Å². The first-order chi connectivity index (χ1) is 15.9. The van der Waals surface area contributed by atoms with Gasteiger partial charge in [0.25, 0.3) is 5.69 Å². The van der Waals surface area contributed by atoms with E-state index in [2.05, 4.69) is 5.32 Å². The molecular weight excluding hydrogens is 422 g/mol. The van der Waals surface area contributed by atoms with Crippen molar-refractivity contribution in [1.82, 2.24) is 10.2 Å². The van der Waals surface area contributed by atoms with Crippen molar-refractivity contribution in [2.75, 3.05) is 7.11 Å². The topological polar surface area (TPSA) is 102 Å². The number of hydrogen-bond acceptors (Lipinski definition) is 5. The van der Waals surface area contributed by atoms with Crippen LogP contribution in [0.25, 0.3) is 0 Å². The zero-order valence-electron chi connectivity index (χ0n) is 19.2. The molecule has 0 bridgehead atoms. The maximum atomic E-state index is 13.5. The average molecular weight is 454 g/mol. The predicted octanol–water partition coefficient (Wildman–Crippen LogP) is 4.01. The predicted molar refractivity (Wildman–Crippen MR) is 125 cm³/mol. The van der Waals surface area contributed by atoms with Gasteiger partial charge in [0, 0.05) is 24.2 Å². The molecule has 0 radical (unpaired) electrons. The van der Waals surface area contributed by atoms with E-state index >= 15 is 0 Å². The second-order valence-electron chi connectivity index (χ2n) is 8.35. The van der Waals surface area contributed by atoms with Gasteiger partial charge in [0.15, 0.2) is 0 Å². The molecule has 0 aromatic heterocycles. The van der Waals surface area contributed by atoms with Crippen LogP contribution in [-0.2, 0) is 22.6 Å². The lowest BCUT2D eigenvalue weighted by Crippen LogP contribution is -2.51. The number of hydrogen-bond donors (Lipinski definition) is 1. The molecule has 33 heavy (non-hydrogen) atoms. The van der Waals surface area contributed by atoms with Crippen molar-refractivity contribution in [3.8, 4) is 5.75 Å². The van der Waals surface area contributed by atoms with Gasteiger partial charge in [0.1, 0.15) is 11.8 Å². The number of nitro groups is 1. The van der Waals surface area contributed by atoms with Gasteiger partial charge in [0.05, 0.1) is 18.5 Å². The Morgan fingerprint density at radius 3 is 2.42 bits per heavy atom. The van der Waals surface area contributed by atoms with E-state index in [0.29, 0.717) is 17.7 Å². The molecule has 8 heteroatoms. The number of nitrogens with zero attached hydrogens (tertiary/aromatic N) is 2. The van der Waals surface area contributed by atoms with Crippen molar-refractivity contribution in [2.45, 2.75) is 64.1 Å². The monoisotopic (exact) mass is 453 g/mol. The second kappa shape index (κ2) is 11.4. The van der Waals surface area contributed by atoms with Crippen LogP contribution in [0.15, 0.2) is 48.5 Å². The molecule has 1 aliphatic carbocycles. The highest BCUT2D eigenvalue weighted by Crippen LogP contribution is 2.23. The molecule has 8 nitrogen and oxygen atoms in total. The van der Waals surface area contributed by atoms with Gasteiger partial charge < -0.3 is 15.0 Å². The van der Waals surface area contributed by atoms with E-state index in [1.165, 1.54) is 6.07 Å². The SMILES string of the molecule is CC[C@H](C(=O)NC1CCCC1)N(Cc1ccc(OC)cc1)C(=O)Cc1ccccc1[N+](=O)[O-]. The Morgan fingerprint density at radius 1 is 1.15 bits per heavy atom. The molecule has 0 unspecified atom stereocenters. The van der Waals surface area contributed by atoms with Crippen LogP contribution in [0, 0.1) is 10.1 Å². The number of carbonyl (C=O) groups excluding carboxylic acids is 2. The summed E-state index contributed by atoms with van der Waals surface area (Å²) in [5.74, 6) is 0.199. The Bertz CT molecular complexity index is 970. The van der Waals surface area contributed by atoms with Gasteiger partial charge in [-0.1, -0.05) is 50.1 Å². The van der Waals surface area contributed by atoms with Crippen molar-refractivity contribution in [3.63, 3.8) is 0 Å². The molecule has 3 rings (SSSR count). The molecule has 2 amide bonds. The summed E-state index contributed by atoms with van der Waals surface area (Å²) in [5.41, 5.74) is 1.08. The van der Waals surface area contributed by atoms with Crippen molar-refractivity contribution in [2.24, 2.45) is 0 Å². The summed E-state index contributed by atoms with van der Waals surface area (Å²) in [5, 5.41) is 14.5. The number of carbonyl (C=O) groups is 2. The van der Waals surface area contributed by atoms with Crippen molar-refractivity contribution < 1.29 is 19.2 Å². The summed E-state index contributed by atoms with van der Waals surface area (Å²) in [4.78, 5) is 39.1. The maximum Gasteiger partial charge on any atom is 0.273 e. The number of para-hydroxylation sites is 1. The lowest BCUT2D eigenvalue weighted by atomic mass is 10.0. The fraction of sp³-hybridized carbons (Fsp3) is 0.440. The van der Waals surface area contributed by atoms with Gasteiger partial charge >= 0.3 is 0 Å². The number of methoxy groups -OCH3 is 1. The van der Waals surface area contributed by atoms with E-state index in [9.17, 15) is 19.7 Å². The lowest BCUT2D eigenvalue weighted by Gasteiger charge is -2.31. The number of ether oxygens (including phenoxy) is 1. The van der Waals surface area contributed by atoms with Gasteiger partial charge in [-0.25, -0.2) is 0 Å². The molecular formula is C25H31N3O5. The standard InChI is InChI=1S/C25H31N3O5/c1-3-22(25(30)26-20-9-5-6-10-20)27(17-18-12-14-21(33-2)15-13-18)24(29)16-19-8-4-7-11-23(19)28(31)32/h4,7-8,11-15,20,22H,3,5-6,9-10,16-17H2,1-2H3,(H,26,30)/t22-/m1/s1. The molecule has 1 saturated carbocycles. The Hall–Kier alpha value is -3.42. The van der Waals surface area contributed by atoms with Crippen molar-refractivity contribution in [3.05, 3.63) is 69.8 Å². The summed E-state index contributed by atoms with van der Waals surface area (Å²) in [6.07, 6.45) is 4.37. The van der Waals surface area contributed by atoms with E-state index in [1.54, 1.807) is 42.3 Å². The van der Waals surface area contributed by atoms with Crippen molar-refractivity contribution >= 4 is 17.5 Å². The van der Waals surface area contributed by atoms with Crippen LogP contribution in [0.5, 0.6) is 5.75 Å². The lowest BCUT2D eigenvalue weighted by molar-refractivity contribution is -0.385. The van der Waals surface area contributed by atoms with E-state index < -0.39 is 11.0 Å². The summed E-state index contributed by atoms with van der Waals surface area (Å²) in [6, 6.07) is 13.0. The first-order valence-electron chi connectivity index (χ1n) is 11.4. The zero-order chi connectivity index (χ0) is 23.8. The quantitative estimate of drug-likeness (QED) is 0.433. The number of nitrogens with one attached hydrogen (secondary N) is 1. The maximum absolute atomic E-state index is 13.5. The third-order valence-corrected chi connectivity index (χ3v) is 6.13. The Balaban J connectivity index is 1.86. The minimum atomic E-state index is -0.664. The van der Waals surface area contributed by atoms with Crippen LogP contribution < -0.4 is 10.1 Å². The van der Waals surface area contributed by atoms with Gasteiger partial charge in [-0.05, 0) is 37.0 Å². The first-order valence-corrected chi connectivity index (χ1v) is 11.4. The Kier molecular flexibility index (Phi) is 8.40. The number of nitro benzene ring substituents is 1. The molecule has 0 aliphatic heterocycles. The molecule has 2 aromatic rings. The molecule has 0 heterocycles. The van der Waals surface area contributed by atoms with E-state index in [4.69, 9.17) is 4.74 Å².